The first kappa shape index (κ1) is 20.3. The highest BCUT2D eigenvalue weighted by atomic mass is 14.9. The van der Waals surface area contributed by atoms with Gasteiger partial charge in [-0.15, -0.1) is 0 Å². The molecule has 1 nitrogen and oxygen atoms in total. The van der Waals surface area contributed by atoms with Crippen molar-refractivity contribution in [1.29, 1.82) is 0 Å². The van der Waals surface area contributed by atoms with Crippen LogP contribution in [-0.4, -0.2) is 0 Å². The van der Waals surface area contributed by atoms with Gasteiger partial charge in [-0.05, 0) is 77.8 Å². The van der Waals surface area contributed by atoms with Crippen LogP contribution in [0.2, 0.25) is 0 Å². The standard InChI is InChI=1S/C36H23N/c1-2-9-29-27(6-1)22-34(32-11-4-3-10-31(29)32)37-28-18-14-23(15-19-28)30-20-16-26-13-12-24-7-5-8-25-17-21-33(30)36(26)35(24)25/h1-22,37H. The van der Waals surface area contributed by atoms with Gasteiger partial charge in [0.15, 0.2) is 0 Å². The molecule has 0 unspecified atom stereocenters. The second kappa shape index (κ2) is 7.81. The number of benzene rings is 8. The van der Waals surface area contributed by atoms with Gasteiger partial charge in [0.2, 0.25) is 0 Å². The Labute approximate surface area is 214 Å². The zero-order valence-corrected chi connectivity index (χ0v) is 20.2. The van der Waals surface area contributed by atoms with E-state index < -0.39 is 0 Å². The van der Waals surface area contributed by atoms with Crippen LogP contribution in [0.1, 0.15) is 0 Å². The van der Waals surface area contributed by atoms with Gasteiger partial charge in [-0.25, -0.2) is 0 Å². The Morgan fingerprint density at radius 3 is 1.81 bits per heavy atom. The first-order valence-electron chi connectivity index (χ1n) is 12.8. The molecule has 1 N–H and O–H groups in total. The van der Waals surface area contributed by atoms with E-state index >= 15 is 0 Å². The van der Waals surface area contributed by atoms with Crippen LogP contribution in [0.15, 0.2) is 133 Å². The molecular weight excluding hydrogens is 446 g/mol. The van der Waals surface area contributed by atoms with Gasteiger partial charge >= 0.3 is 0 Å². The van der Waals surface area contributed by atoms with Crippen molar-refractivity contribution in [1.82, 2.24) is 0 Å². The highest BCUT2D eigenvalue weighted by molar-refractivity contribution is 6.25. The lowest BCUT2D eigenvalue weighted by Gasteiger charge is -2.15. The number of rotatable bonds is 3. The van der Waals surface area contributed by atoms with Gasteiger partial charge in [0.1, 0.15) is 0 Å². The van der Waals surface area contributed by atoms with Gasteiger partial charge in [-0.3, -0.25) is 0 Å². The minimum absolute atomic E-state index is 1.09. The van der Waals surface area contributed by atoms with Crippen LogP contribution in [0.25, 0.3) is 65.0 Å². The topological polar surface area (TPSA) is 12.0 Å². The molecule has 0 aliphatic heterocycles. The Kier molecular flexibility index (Phi) is 4.29. The molecule has 0 aliphatic carbocycles. The fourth-order valence-electron chi connectivity index (χ4n) is 6.03. The summed E-state index contributed by atoms with van der Waals surface area (Å²) in [5.41, 5.74) is 4.71. The van der Waals surface area contributed by atoms with Crippen LogP contribution in [0.4, 0.5) is 11.4 Å². The Morgan fingerprint density at radius 1 is 0.378 bits per heavy atom. The smallest absolute Gasteiger partial charge is 0.0470 e. The van der Waals surface area contributed by atoms with Crippen molar-refractivity contribution in [3.63, 3.8) is 0 Å². The molecule has 1 heteroatoms. The summed E-state index contributed by atoms with van der Waals surface area (Å²) in [6.07, 6.45) is 0. The van der Waals surface area contributed by atoms with Crippen LogP contribution < -0.4 is 5.32 Å². The van der Waals surface area contributed by atoms with Gasteiger partial charge in [0, 0.05) is 16.8 Å². The second-order valence-electron chi connectivity index (χ2n) is 9.86. The number of hydrogen-bond acceptors (Lipinski definition) is 1. The van der Waals surface area contributed by atoms with E-state index in [-0.39, 0.29) is 0 Å². The maximum Gasteiger partial charge on any atom is 0.0470 e. The Morgan fingerprint density at radius 2 is 1.00 bits per heavy atom. The van der Waals surface area contributed by atoms with Gasteiger partial charge in [0.25, 0.3) is 0 Å². The third-order valence-corrected chi connectivity index (χ3v) is 7.77. The van der Waals surface area contributed by atoms with E-state index in [0.717, 1.165) is 11.4 Å². The summed E-state index contributed by atoms with van der Waals surface area (Å²) in [5, 5.41) is 16.7. The molecule has 37 heavy (non-hydrogen) atoms. The average Bonchev–Trinajstić information content (AvgIpc) is 2.96. The maximum absolute atomic E-state index is 3.70. The van der Waals surface area contributed by atoms with E-state index in [4.69, 9.17) is 0 Å². The fourth-order valence-corrected chi connectivity index (χ4v) is 6.03. The summed E-state index contributed by atoms with van der Waals surface area (Å²) in [6.45, 7) is 0. The first-order chi connectivity index (χ1) is 18.3. The molecule has 172 valence electrons. The van der Waals surface area contributed by atoms with Crippen LogP contribution in [0, 0.1) is 0 Å². The van der Waals surface area contributed by atoms with Crippen molar-refractivity contribution in [2.45, 2.75) is 0 Å². The molecule has 0 radical (unpaired) electrons. The minimum atomic E-state index is 1.09. The van der Waals surface area contributed by atoms with Gasteiger partial charge < -0.3 is 5.32 Å². The highest BCUT2D eigenvalue weighted by Crippen LogP contribution is 2.40. The normalized spacial score (nSPS) is 11.8. The molecular formula is C36H23N. The minimum Gasteiger partial charge on any atom is -0.355 e. The largest absolute Gasteiger partial charge is 0.355 e. The number of hydrogen-bond donors (Lipinski definition) is 1. The number of anilines is 2. The molecule has 8 rings (SSSR count). The molecule has 0 spiro atoms. The van der Waals surface area contributed by atoms with Crippen molar-refractivity contribution in [2.75, 3.05) is 5.32 Å². The third-order valence-electron chi connectivity index (χ3n) is 7.77. The average molecular weight is 470 g/mol. The lowest BCUT2D eigenvalue weighted by atomic mass is 9.90. The summed E-state index contributed by atoms with van der Waals surface area (Å²) >= 11 is 0. The van der Waals surface area contributed by atoms with Crippen LogP contribution in [0.3, 0.4) is 0 Å². The number of fused-ring (bicyclic) bond motifs is 3. The Balaban J connectivity index is 1.23. The zero-order chi connectivity index (χ0) is 24.3. The molecule has 8 aromatic carbocycles. The molecule has 8 aromatic rings. The quantitative estimate of drug-likeness (QED) is 0.254. The van der Waals surface area contributed by atoms with E-state index in [1.807, 2.05) is 0 Å². The van der Waals surface area contributed by atoms with Crippen LogP contribution in [0.5, 0.6) is 0 Å². The predicted octanol–water partition coefficient (Wildman–Crippen LogP) is 10.3. The SMILES string of the molecule is c1ccc2c(c1)cc(Nc1ccc(-c3ccc4ccc5cccc6ccc3c4c56)cc1)c1ccccc12. The number of nitrogens with one attached hydrogen (secondary N) is 1. The molecule has 0 heterocycles. The summed E-state index contributed by atoms with van der Waals surface area (Å²) < 4.78 is 0. The Hall–Kier alpha value is -4.88. The van der Waals surface area contributed by atoms with E-state index in [1.165, 1.54) is 65.0 Å². The lowest BCUT2D eigenvalue weighted by Crippen LogP contribution is -1.93. The second-order valence-corrected chi connectivity index (χ2v) is 9.86. The van der Waals surface area contributed by atoms with E-state index in [2.05, 4.69) is 139 Å². The molecule has 0 saturated carbocycles. The van der Waals surface area contributed by atoms with E-state index in [9.17, 15) is 0 Å². The maximum atomic E-state index is 3.70. The van der Waals surface area contributed by atoms with Crippen molar-refractivity contribution >= 4 is 65.2 Å². The molecule has 0 aliphatic rings. The van der Waals surface area contributed by atoms with Gasteiger partial charge in [-0.1, -0.05) is 115 Å². The van der Waals surface area contributed by atoms with Crippen molar-refractivity contribution < 1.29 is 0 Å². The molecule has 0 amide bonds. The van der Waals surface area contributed by atoms with Crippen LogP contribution >= 0.6 is 0 Å². The highest BCUT2D eigenvalue weighted by Gasteiger charge is 2.12. The van der Waals surface area contributed by atoms with Crippen LogP contribution in [-0.2, 0) is 0 Å². The van der Waals surface area contributed by atoms with E-state index in [1.54, 1.807) is 0 Å². The molecule has 0 saturated heterocycles. The first-order valence-corrected chi connectivity index (χ1v) is 12.8. The predicted molar refractivity (Wildman–Crippen MR) is 160 cm³/mol. The molecule has 0 bridgehead atoms. The van der Waals surface area contributed by atoms with E-state index in [0.29, 0.717) is 0 Å². The van der Waals surface area contributed by atoms with Gasteiger partial charge in [-0.2, -0.15) is 0 Å². The summed E-state index contributed by atoms with van der Waals surface area (Å²) in [4.78, 5) is 0. The van der Waals surface area contributed by atoms with Crippen molar-refractivity contribution in [2.24, 2.45) is 0 Å². The Bertz CT molecular complexity index is 2090. The third kappa shape index (κ3) is 3.11. The summed E-state index contributed by atoms with van der Waals surface area (Å²) in [5.74, 6) is 0. The zero-order valence-electron chi connectivity index (χ0n) is 20.2. The fraction of sp³-hybridized carbons (Fsp3) is 0. The molecule has 0 fully saturated rings. The summed E-state index contributed by atoms with van der Waals surface area (Å²) in [6, 6.07) is 48.5. The van der Waals surface area contributed by atoms with Crippen molar-refractivity contribution in [3.05, 3.63) is 133 Å². The molecule has 0 atom stereocenters. The molecule has 0 aromatic heterocycles. The summed E-state index contributed by atoms with van der Waals surface area (Å²) in [7, 11) is 0. The lowest BCUT2D eigenvalue weighted by molar-refractivity contribution is 1.58. The monoisotopic (exact) mass is 469 g/mol. The van der Waals surface area contributed by atoms with Gasteiger partial charge in [0.05, 0.1) is 0 Å². The van der Waals surface area contributed by atoms with Crippen molar-refractivity contribution in [3.8, 4) is 11.1 Å².